The van der Waals surface area contributed by atoms with Gasteiger partial charge in [0.1, 0.15) is 5.82 Å². The van der Waals surface area contributed by atoms with Crippen molar-refractivity contribution in [1.29, 1.82) is 0 Å². The van der Waals surface area contributed by atoms with Crippen molar-refractivity contribution in [3.05, 3.63) is 17.2 Å². The molecule has 2 saturated heterocycles. The lowest BCUT2D eigenvalue weighted by Gasteiger charge is -2.35. The van der Waals surface area contributed by atoms with Crippen LogP contribution in [0.1, 0.15) is 61.8 Å². The molecule has 0 aromatic carbocycles. The number of hydrogen-bond acceptors (Lipinski definition) is 4. The third kappa shape index (κ3) is 3.58. The maximum absolute atomic E-state index is 11.9. The normalized spacial score (nSPS) is 28.4. The van der Waals surface area contributed by atoms with Crippen LogP contribution in [0, 0.1) is 5.92 Å². The fraction of sp³-hybridized carbons (Fsp3) is 0.842. The minimum absolute atomic E-state index is 0.402. The standard InChI is InChI=1S/C19H32N4O2S/c1-21-17-9-4-3-8-16(17)20-19(21)18-10-6-11-22(18)13-15-7-5-12-23(14-15)26(2,24)25/h15,18H,3-14H2,1-2H3/t15-,18+/m0/s1. The summed E-state index contributed by atoms with van der Waals surface area (Å²) in [5.41, 5.74) is 2.76. The topological polar surface area (TPSA) is 58.4 Å². The maximum Gasteiger partial charge on any atom is 0.211 e. The van der Waals surface area contributed by atoms with Gasteiger partial charge in [0.05, 0.1) is 18.0 Å². The van der Waals surface area contributed by atoms with Crippen molar-refractivity contribution in [1.82, 2.24) is 18.8 Å². The van der Waals surface area contributed by atoms with E-state index in [1.807, 2.05) is 0 Å². The molecule has 0 N–H and O–H groups in total. The summed E-state index contributed by atoms with van der Waals surface area (Å²) < 4.78 is 27.9. The van der Waals surface area contributed by atoms with Crippen LogP contribution in [0.25, 0.3) is 0 Å². The molecule has 4 rings (SSSR count). The van der Waals surface area contributed by atoms with Gasteiger partial charge >= 0.3 is 0 Å². The van der Waals surface area contributed by atoms with E-state index in [-0.39, 0.29) is 0 Å². The van der Waals surface area contributed by atoms with Crippen LogP contribution in [0.15, 0.2) is 0 Å². The zero-order valence-electron chi connectivity index (χ0n) is 16.2. The predicted molar refractivity (Wildman–Crippen MR) is 103 cm³/mol. The van der Waals surface area contributed by atoms with E-state index in [1.165, 1.54) is 49.2 Å². The lowest BCUT2D eigenvalue weighted by Crippen LogP contribution is -2.43. The molecule has 0 radical (unpaired) electrons. The van der Waals surface area contributed by atoms with E-state index in [1.54, 1.807) is 4.31 Å². The Morgan fingerprint density at radius 1 is 1.08 bits per heavy atom. The molecule has 2 fully saturated rings. The van der Waals surface area contributed by atoms with Crippen molar-refractivity contribution in [2.24, 2.45) is 13.0 Å². The van der Waals surface area contributed by atoms with Gasteiger partial charge in [-0.1, -0.05) is 0 Å². The van der Waals surface area contributed by atoms with Gasteiger partial charge in [0.2, 0.25) is 10.0 Å². The molecule has 3 aliphatic rings. The molecule has 7 heteroatoms. The zero-order valence-corrected chi connectivity index (χ0v) is 17.0. The van der Waals surface area contributed by atoms with Gasteiger partial charge in [-0.05, 0) is 63.8 Å². The van der Waals surface area contributed by atoms with E-state index in [2.05, 4.69) is 16.5 Å². The summed E-state index contributed by atoms with van der Waals surface area (Å²) in [6.45, 7) is 3.47. The number of sulfonamides is 1. The van der Waals surface area contributed by atoms with Crippen LogP contribution >= 0.6 is 0 Å². The van der Waals surface area contributed by atoms with Crippen LogP contribution in [0.4, 0.5) is 0 Å². The Hall–Kier alpha value is -0.920. The summed E-state index contributed by atoms with van der Waals surface area (Å²) in [5, 5.41) is 0. The van der Waals surface area contributed by atoms with E-state index < -0.39 is 10.0 Å². The molecular weight excluding hydrogens is 348 g/mol. The SMILES string of the molecule is Cn1c([C@H]2CCCN2C[C@@H]2CCCN(S(C)(=O)=O)C2)nc2c1CCCC2. The number of piperidine rings is 1. The molecule has 0 bridgehead atoms. The van der Waals surface area contributed by atoms with Crippen molar-refractivity contribution < 1.29 is 8.42 Å². The van der Waals surface area contributed by atoms with Gasteiger partial charge in [-0.3, -0.25) is 4.90 Å². The minimum atomic E-state index is -3.07. The first-order valence-electron chi connectivity index (χ1n) is 10.2. The first-order valence-corrected chi connectivity index (χ1v) is 12.0. The summed E-state index contributed by atoms with van der Waals surface area (Å²) in [7, 11) is -0.879. The van der Waals surface area contributed by atoms with Gasteiger partial charge in [0.25, 0.3) is 0 Å². The summed E-state index contributed by atoms with van der Waals surface area (Å²) in [5.74, 6) is 1.68. The molecule has 2 atom stereocenters. The summed E-state index contributed by atoms with van der Waals surface area (Å²) in [6, 6.07) is 0.402. The van der Waals surface area contributed by atoms with Crippen LogP contribution < -0.4 is 0 Å². The van der Waals surface area contributed by atoms with Crippen molar-refractivity contribution >= 4 is 10.0 Å². The van der Waals surface area contributed by atoms with Crippen LogP contribution in [-0.2, 0) is 29.9 Å². The maximum atomic E-state index is 11.9. The number of nitrogens with zero attached hydrogens (tertiary/aromatic N) is 4. The second-order valence-electron chi connectivity index (χ2n) is 8.41. The Morgan fingerprint density at radius 3 is 2.62 bits per heavy atom. The van der Waals surface area contributed by atoms with Crippen molar-refractivity contribution in [2.45, 2.75) is 57.4 Å². The van der Waals surface area contributed by atoms with Crippen molar-refractivity contribution in [3.63, 3.8) is 0 Å². The van der Waals surface area contributed by atoms with E-state index in [0.717, 1.165) is 38.8 Å². The molecular formula is C19H32N4O2S. The van der Waals surface area contributed by atoms with E-state index in [0.29, 0.717) is 25.0 Å². The molecule has 0 saturated carbocycles. The number of likely N-dealkylation sites (tertiary alicyclic amines) is 1. The predicted octanol–water partition coefficient (Wildman–Crippen LogP) is 2.11. The highest BCUT2D eigenvalue weighted by atomic mass is 32.2. The molecule has 1 aliphatic carbocycles. The van der Waals surface area contributed by atoms with Crippen molar-refractivity contribution in [2.75, 3.05) is 32.4 Å². The molecule has 0 unspecified atom stereocenters. The highest BCUT2D eigenvalue weighted by Gasteiger charge is 2.34. The largest absolute Gasteiger partial charge is 0.334 e. The molecule has 2 aliphatic heterocycles. The van der Waals surface area contributed by atoms with Gasteiger partial charge in [-0.15, -0.1) is 0 Å². The summed E-state index contributed by atoms with van der Waals surface area (Å²) in [6.07, 6.45) is 10.7. The average molecular weight is 381 g/mol. The third-order valence-corrected chi connectivity index (χ3v) is 7.78. The first kappa shape index (κ1) is 18.4. The Kier molecular flexibility index (Phi) is 5.14. The number of hydrogen-bond donors (Lipinski definition) is 0. The lowest BCUT2D eigenvalue weighted by atomic mass is 9.98. The van der Waals surface area contributed by atoms with Crippen LogP contribution in [-0.4, -0.2) is 59.6 Å². The quantitative estimate of drug-likeness (QED) is 0.803. The van der Waals surface area contributed by atoms with Gasteiger partial charge in [0, 0.05) is 32.4 Å². The third-order valence-electron chi connectivity index (χ3n) is 6.51. The molecule has 1 aromatic rings. The minimum Gasteiger partial charge on any atom is -0.334 e. The van der Waals surface area contributed by atoms with Gasteiger partial charge in [-0.2, -0.15) is 0 Å². The number of fused-ring (bicyclic) bond motifs is 1. The molecule has 146 valence electrons. The monoisotopic (exact) mass is 380 g/mol. The average Bonchev–Trinajstić information content (AvgIpc) is 3.19. The van der Waals surface area contributed by atoms with E-state index in [4.69, 9.17) is 4.98 Å². The van der Waals surface area contributed by atoms with E-state index >= 15 is 0 Å². The Balaban J connectivity index is 1.48. The number of aromatic nitrogens is 2. The van der Waals surface area contributed by atoms with Crippen LogP contribution in [0.3, 0.4) is 0 Å². The lowest BCUT2D eigenvalue weighted by molar-refractivity contribution is 0.163. The second-order valence-corrected chi connectivity index (χ2v) is 10.4. The van der Waals surface area contributed by atoms with Crippen LogP contribution in [0.5, 0.6) is 0 Å². The highest BCUT2D eigenvalue weighted by Crippen LogP contribution is 2.35. The molecule has 26 heavy (non-hydrogen) atoms. The number of imidazole rings is 1. The first-order chi connectivity index (χ1) is 12.4. The number of rotatable bonds is 4. The summed E-state index contributed by atoms with van der Waals surface area (Å²) >= 11 is 0. The van der Waals surface area contributed by atoms with Crippen LogP contribution in [0.2, 0.25) is 0 Å². The molecule has 6 nitrogen and oxygen atoms in total. The van der Waals surface area contributed by atoms with E-state index in [9.17, 15) is 8.42 Å². The van der Waals surface area contributed by atoms with Gasteiger partial charge in [0.15, 0.2) is 0 Å². The smallest absolute Gasteiger partial charge is 0.211 e. The number of aryl methyl sites for hydroxylation is 1. The second kappa shape index (κ2) is 7.24. The molecule has 0 amide bonds. The molecule has 3 heterocycles. The zero-order chi connectivity index (χ0) is 18.3. The van der Waals surface area contributed by atoms with Crippen molar-refractivity contribution in [3.8, 4) is 0 Å². The Labute approximate surface area is 157 Å². The summed E-state index contributed by atoms with van der Waals surface area (Å²) in [4.78, 5) is 7.62. The highest BCUT2D eigenvalue weighted by molar-refractivity contribution is 7.88. The molecule has 1 aromatic heterocycles. The fourth-order valence-electron chi connectivity index (χ4n) is 5.15. The van der Waals surface area contributed by atoms with Gasteiger partial charge in [-0.25, -0.2) is 17.7 Å². The molecule has 0 spiro atoms. The van der Waals surface area contributed by atoms with Gasteiger partial charge < -0.3 is 4.57 Å². The fourth-order valence-corrected chi connectivity index (χ4v) is 6.09. The Morgan fingerprint density at radius 2 is 1.85 bits per heavy atom. The Bertz CT molecular complexity index is 758.